The summed E-state index contributed by atoms with van der Waals surface area (Å²) in [6, 6.07) is 5.15. The first-order valence-electron chi connectivity index (χ1n) is 5.56. The molecule has 0 aliphatic heterocycles. The SMILES string of the molecule is Cc1ccncc1CNC(=O)c1ccc(N)cn1. The number of nitrogens with zero attached hydrogens (tertiary/aromatic N) is 2. The fourth-order valence-electron chi connectivity index (χ4n) is 1.49. The molecule has 0 bridgehead atoms. The van der Waals surface area contributed by atoms with Crippen LogP contribution in [0.3, 0.4) is 0 Å². The summed E-state index contributed by atoms with van der Waals surface area (Å²) in [4.78, 5) is 19.8. The van der Waals surface area contributed by atoms with Gasteiger partial charge >= 0.3 is 0 Å². The summed E-state index contributed by atoms with van der Waals surface area (Å²) in [6.07, 6.45) is 4.93. The van der Waals surface area contributed by atoms with Crippen molar-refractivity contribution >= 4 is 11.6 Å². The van der Waals surface area contributed by atoms with Crippen molar-refractivity contribution in [2.24, 2.45) is 0 Å². The fourth-order valence-corrected chi connectivity index (χ4v) is 1.49. The molecule has 0 aliphatic carbocycles. The van der Waals surface area contributed by atoms with E-state index in [4.69, 9.17) is 5.73 Å². The van der Waals surface area contributed by atoms with Crippen LogP contribution in [0, 0.1) is 6.92 Å². The Bertz CT molecular complexity index is 551. The van der Waals surface area contributed by atoms with Crippen LogP contribution in [0.2, 0.25) is 0 Å². The lowest BCUT2D eigenvalue weighted by atomic mass is 10.1. The number of carbonyl (C=O) groups is 1. The number of carbonyl (C=O) groups excluding carboxylic acids is 1. The summed E-state index contributed by atoms with van der Waals surface area (Å²) in [5, 5.41) is 2.79. The first-order valence-corrected chi connectivity index (χ1v) is 5.56. The van der Waals surface area contributed by atoms with Crippen molar-refractivity contribution in [1.29, 1.82) is 0 Å². The number of pyridine rings is 2. The van der Waals surface area contributed by atoms with E-state index in [1.165, 1.54) is 6.20 Å². The Hall–Kier alpha value is -2.43. The molecular weight excluding hydrogens is 228 g/mol. The molecular formula is C13H14N4O. The minimum absolute atomic E-state index is 0.224. The molecule has 0 unspecified atom stereocenters. The third kappa shape index (κ3) is 2.82. The zero-order valence-electron chi connectivity index (χ0n) is 10.1. The Morgan fingerprint density at radius 1 is 1.33 bits per heavy atom. The normalized spacial score (nSPS) is 10.1. The van der Waals surface area contributed by atoms with Crippen molar-refractivity contribution in [2.45, 2.75) is 13.5 Å². The highest BCUT2D eigenvalue weighted by Gasteiger charge is 2.07. The second-order valence-corrected chi connectivity index (χ2v) is 3.96. The summed E-state index contributed by atoms with van der Waals surface area (Å²) >= 11 is 0. The quantitative estimate of drug-likeness (QED) is 0.850. The van der Waals surface area contributed by atoms with Gasteiger partial charge < -0.3 is 11.1 Å². The molecule has 5 heteroatoms. The van der Waals surface area contributed by atoms with E-state index in [9.17, 15) is 4.79 Å². The number of anilines is 1. The van der Waals surface area contributed by atoms with Crippen molar-refractivity contribution in [1.82, 2.24) is 15.3 Å². The average molecular weight is 242 g/mol. The molecule has 18 heavy (non-hydrogen) atoms. The van der Waals surface area contributed by atoms with Crippen LogP contribution in [0.5, 0.6) is 0 Å². The molecule has 2 aromatic heterocycles. The third-order valence-corrected chi connectivity index (χ3v) is 2.61. The lowest BCUT2D eigenvalue weighted by Crippen LogP contribution is -2.24. The molecule has 1 amide bonds. The van der Waals surface area contributed by atoms with E-state index in [-0.39, 0.29) is 5.91 Å². The Morgan fingerprint density at radius 2 is 2.17 bits per heavy atom. The zero-order valence-corrected chi connectivity index (χ0v) is 10.1. The summed E-state index contributed by atoms with van der Waals surface area (Å²) in [5.41, 5.74) is 8.48. The van der Waals surface area contributed by atoms with Gasteiger partial charge in [-0.15, -0.1) is 0 Å². The van der Waals surface area contributed by atoms with E-state index in [2.05, 4.69) is 15.3 Å². The van der Waals surface area contributed by atoms with E-state index < -0.39 is 0 Å². The van der Waals surface area contributed by atoms with E-state index >= 15 is 0 Å². The minimum Gasteiger partial charge on any atom is -0.397 e. The second-order valence-electron chi connectivity index (χ2n) is 3.96. The number of nitrogens with one attached hydrogen (secondary N) is 1. The lowest BCUT2D eigenvalue weighted by molar-refractivity contribution is 0.0946. The Kier molecular flexibility index (Phi) is 3.52. The van der Waals surface area contributed by atoms with Gasteiger partial charge in [0, 0.05) is 18.9 Å². The van der Waals surface area contributed by atoms with Crippen molar-refractivity contribution in [3.8, 4) is 0 Å². The molecule has 0 saturated carbocycles. The van der Waals surface area contributed by atoms with Gasteiger partial charge in [0.15, 0.2) is 0 Å². The number of hydrogen-bond donors (Lipinski definition) is 2. The maximum Gasteiger partial charge on any atom is 0.270 e. The molecule has 5 nitrogen and oxygen atoms in total. The van der Waals surface area contributed by atoms with Gasteiger partial charge in [0.2, 0.25) is 0 Å². The van der Waals surface area contributed by atoms with Gasteiger partial charge in [0.1, 0.15) is 5.69 Å². The lowest BCUT2D eigenvalue weighted by Gasteiger charge is -2.06. The van der Waals surface area contributed by atoms with Gasteiger partial charge in [-0.3, -0.25) is 9.78 Å². The average Bonchev–Trinajstić information content (AvgIpc) is 2.38. The first kappa shape index (κ1) is 12.0. The van der Waals surface area contributed by atoms with Gasteiger partial charge in [-0.25, -0.2) is 4.98 Å². The summed E-state index contributed by atoms with van der Waals surface area (Å²) < 4.78 is 0. The Morgan fingerprint density at radius 3 is 2.83 bits per heavy atom. The Balaban J connectivity index is 2.01. The molecule has 2 rings (SSSR count). The fraction of sp³-hybridized carbons (Fsp3) is 0.154. The van der Waals surface area contributed by atoms with E-state index in [0.29, 0.717) is 17.9 Å². The van der Waals surface area contributed by atoms with Gasteiger partial charge in [-0.2, -0.15) is 0 Å². The van der Waals surface area contributed by atoms with Gasteiger partial charge in [0.05, 0.1) is 11.9 Å². The number of rotatable bonds is 3. The van der Waals surface area contributed by atoms with Crippen LogP contribution in [-0.2, 0) is 6.54 Å². The van der Waals surface area contributed by atoms with Crippen LogP contribution < -0.4 is 11.1 Å². The Labute approximate surface area is 105 Å². The molecule has 2 heterocycles. The molecule has 0 saturated heterocycles. The predicted molar refractivity (Wildman–Crippen MR) is 68.8 cm³/mol. The highest BCUT2D eigenvalue weighted by atomic mass is 16.1. The molecule has 0 aromatic carbocycles. The minimum atomic E-state index is -0.224. The number of aromatic nitrogens is 2. The van der Waals surface area contributed by atoms with Crippen LogP contribution in [0.4, 0.5) is 5.69 Å². The standard InChI is InChI=1S/C13H14N4O/c1-9-4-5-15-6-10(9)7-17-13(18)12-3-2-11(14)8-16-12/h2-6,8H,7,14H2,1H3,(H,17,18). The summed E-state index contributed by atoms with van der Waals surface area (Å²) in [5.74, 6) is -0.224. The molecule has 0 radical (unpaired) electrons. The number of amides is 1. The monoisotopic (exact) mass is 242 g/mol. The molecule has 0 spiro atoms. The van der Waals surface area contributed by atoms with Gasteiger partial charge in [0.25, 0.3) is 5.91 Å². The topological polar surface area (TPSA) is 80.9 Å². The van der Waals surface area contributed by atoms with Crippen LogP contribution in [-0.4, -0.2) is 15.9 Å². The van der Waals surface area contributed by atoms with E-state index in [0.717, 1.165) is 11.1 Å². The zero-order chi connectivity index (χ0) is 13.0. The number of nitrogen functional groups attached to an aromatic ring is 1. The van der Waals surface area contributed by atoms with E-state index in [1.807, 2.05) is 13.0 Å². The van der Waals surface area contributed by atoms with Gasteiger partial charge in [-0.1, -0.05) is 0 Å². The van der Waals surface area contributed by atoms with Crippen LogP contribution >= 0.6 is 0 Å². The van der Waals surface area contributed by atoms with Crippen LogP contribution in [0.1, 0.15) is 21.6 Å². The molecule has 0 fully saturated rings. The second kappa shape index (κ2) is 5.27. The molecule has 0 aliphatic rings. The molecule has 2 aromatic rings. The third-order valence-electron chi connectivity index (χ3n) is 2.61. The summed E-state index contributed by atoms with van der Waals surface area (Å²) in [7, 11) is 0. The van der Waals surface area contributed by atoms with Crippen molar-refractivity contribution < 1.29 is 4.79 Å². The number of nitrogens with two attached hydrogens (primary N) is 1. The molecule has 0 atom stereocenters. The highest BCUT2D eigenvalue weighted by molar-refractivity contribution is 5.92. The smallest absolute Gasteiger partial charge is 0.270 e. The van der Waals surface area contributed by atoms with Gasteiger partial charge in [-0.05, 0) is 36.2 Å². The van der Waals surface area contributed by atoms with Crippen molar-refractivity contribution in [3.63, 3.8) is 0 Å². The summed E-state index contributed by atoms with van der Waals surface area (Å²) in [6.45, 7) is 2.41. The van der Waals surface area contributed by atoms with Crippen molar-refractivity contribution in [3.05, 3.63) is 53.6 Å². The largest absolute Gasteiger partial charge is 0.397 e. The van der Waals surface area contributed by atoms with E-state index in [1.54, 1.807) is 24.5 Å². The molecule has 92 valence electrons. The first-order chi connectivity index (χ1) is 8.66. The maximum atomic E-state index is 11.8. The van der Waals surface area contributed by atoms with Crippen LogP contribution in [0.15, 0.2) is 36.8 Å². The predicted octanol–water partition coefficient (Wildman–Crippen LogP) is 1.30. The molecule has 3 N–H and O–H groups in total. The number of hydrogen-bond acceptors (Lipinski definition) is 4. The maximum absolute atomic E-state index is 11.8. The highest BCUT2D eigenvalue weighted by Crippen LogP contribution is 2.05. The van der Waals surface area contributed by atoms with Crippen LogP contribution in [0.25, 0.3) is 0 Å². The number of aryl methyl sites for hydroxylation is 1. The van der Waals surface area contributed by atoms with Crippen molar-refractivity contribution in [2.75, 3.05) is 5.73 Å².